The molecule has 0 aliphatic carbocycles. The van der Waals surface area contributed by atoms with E-state index < -0.39 is 49.5 Å². The number of aliphatic hydroxyl groups excluding tert-OH is 5. The largest absolute Gasteiger partial charge is 0.394 e. The third kappa shape index (κ3) is 46.5. The normalized spacial score (nSPS) is 19.0. The van der Waals surface area contributed by atoms with Crippen molar-refractivity contribution in [3.8, 4) is 0 Å². The van der Waals surface area contributed by atoms with Gasteiger partial charge < -0.3 is 40.3 Å². The fourth-order valence-electron chi connectivity index (χ4n) is 10.6. The van der Waals surface area contributed by atoms with Crippen LogP contribution >= 0.6 is 0 Å². The number of nitrogens with one attached hydrogen (secondary N) is 1. The van der Waals surface area contributed by atoms with Gasteiger partial charge in [0.05, 0.1) is 25.4 Å². The molecule has 1 saturated heterocycles. The molecule has 1 aliphatic rings. The number of carbonyl (C=O) groups excluding carboxylic acids is 1. The molecule has 0 aromatic heterocycles. The molecule has 0 aromatic carbocycles. The monoisotopic (exact) mass is 1090 g/mol. The molecule has 1 heterocycles. The summed E-state index contributed by atoms with van der Waals surface area (Å²) < 4.78 is 11.3. The fourth-order valence-corrected chi connectivity index (χ4v) is 10.6. The van der Waals surface area contributed by atoms with E-state index in [1.54, 1.807) is 6.08 Å². The van der Waals surface area contributed by atoms with E-state index in [1.807, 2.05) is 6.08 Å². The molecule has 77 heavy (non-hydrogen) atoms. The van der Waals surface area contributed by atoms with E-state index in [9.17, 15) is 30.3 Å². The summed E-state index contributed by atoms with van der Waals surface area (Å²) in [4.78, 5) is 13.1. The van der Waals surface area contributed by atoms with Crippen molar-refractivity contribution in [3.05, 3.63) is 48.6 Å². The molecule has 9 heteroatoms. The molecular formula is C68H127NO8. The van der Waals surface area contributed by atoms with Crippen LogP contribution in [0.3, 0.4) is 0 Å². The Balaban J connectivity index is 2.13. The maximum absolute atomic E-state index is 13.1. The van der Waals surface area contributed by atoms with Crippen LogP contribution in [0.5, 0.6) is 0 Å². The highest BCUT2D eigenvalue weighted by Gasteiger charge is 2.44. The Morgan fingerprint density at radius 1 is 0.442 bits per heavy atom. The van der Waals surface area contributed by atoms with Crippen molar-refractivity contribution in [1.29, 1.82) is 0 Å². The molecule has 0 aromatic rings. The second-order valence-electron chi connectivity index (χ2n) is 23.3. The first-order chi connectivity index (χ1) is 37.8. The van der Waals surface area contributed by atoms with E-state index >= 15 is 0 Å². The molecule has 6 N–H and O–H groups in total. The summed E-state index contributed by atoms with van der Waals surface area (Å²) in [7, 11) is 0. The highest BCUT2D eigenvalue weighted by molar-refractivity contribution is 5.76. The summed E-state index contributed by atoms with van der Waals surface area (Å²) in [6, 6.07) is -0.806. The van der Waals surface area contributed by atoms with Gasteiger partial charge in [0.2, 0.25) is 5.91 Å². The van der Waals surface area contributed by atoms with Gasteiger partial charge in [0, 0.05) is 6.42 Å². The molecule has 9 nitrogen and oxygen atoms in total. The summed E-state index contributed by atoms with van der Waals surface area (Å²) in [5.74, 6) is -0.172. The lowest BCUT2D eigenvalue weighted by Crippen LogP contribution is -2.60. The minimum absolute atomic E-state index is 0.172. The van der Waals surface area contributed by atoms with Crippen molar-refractivity contribution in [2.45, 2.75) is 365 Å². The molecule has 0 saturated carbocycles. The predicted octanol–water partition coefficient (Wildman–Crippen LogP) is 17.6. The highest BCUT2D eigenvalue weighted by Crippen LogP contribution is 2.23. The zero-order valence-corrected chi connectivity index (χ0v) is 50.5. The molecular weight excluding hydrogens is 959 g/mol. The molecule has 0 radical (unpaired) electrons. The van der Waals surface area contributed by atoms with E-state index in [2.05, 4.69) is 55.6 Å². The fraction of sp³-hybridized carbons (Fsp3) is 0.868. The number of carbonyl (C=O) groups is 1. The van der Waals surface area contributed by atoms with Crippen LogP contribution < -0.4 is 5.32 Å². The van der Waals surface area contributed by atoms with Crippen molar-refractivity contribution in [2.75, 3.05) is 13.2 Å². The van der Waals surface area contributed by atoms with E-state index in [-0.39, 0.29) is 12.5 Å². The highest BCUT2D eigenvalue weighted by atomic mass is 16.7. The Morgan fingerprint density at radius 3 is 1.13 bits per heavy atom. The van der Waals surface area contributed by atoms with Crippen molar-refractivity contribution in [1.82, 2.24) is 5.32 Å². The Kier molecular flexibility index (Phi) is 54.5. The summed E-state index contributed by atoms with van der Waals surface area (Å²) in [5.41, 5.74) is 0. The van der Waals surface area contributed by atoms with Gasteiger partial charge in [-0.2, -0.15) is 0 Å². The molecule has 1 amide bonds. The van der Waals surface area contributed by atoms with Gasteiger partial charge in [-0.1, -0.05) is 306 Å². The predicted molar refractivity (Wildman–Crippen MR) is 327 cm³/mol. The number of hydrogen-bond acceptors (Lipinski definition) is 8. The van der Waals surface area contributed by atoms with Gasteiger partial charge >= 0.3 is 0 Å². The Labute approximate surface area is 475 Å². The smallest absolute Gasteiger partial charge is 0.220 e. The van der Waals surface area contributed by atoms with Crippen molar-refractivity contribution in [2.24, 2.45) is 0 Å². The Bertz CT molecular complexity index is 1350. The second-order valence-corrected chi connectivity index (χ2v) is 23.3. The third-order valence-electron chi connectivity index (χ3n) is 15.9. The zero-order chi connectivity index (χ0) is 55.8. The standard InChI is InChI=1S/C68H127NO8/c1-3-5-7-9-11-13-15-17-19-21-23-25-26-27-28-29-30-31-32-33-34-35-36-38-40-42-44-46-48-50-52-54-56-58-64(72)69-61(60-76-68-67(75)66(74)65(73)63(59-70)77-68)62(71)57-55-53-51-49-47-45-43-41-39-37-24-22-20-18-16-14-12-10-8-6-4-2/h15,17,21,23,26-27,55,57,61-63,65-68,70-71,73-75H,3-14,16,18-20,22,24-25,28-54,56,58-60H2,1-2H3,(H,69,72)/b17-15-,23-21-,27-26-,57-55+. The minimum Gasteiger partial charge on any atom is -0.394 e. The molecule has 1 aliphatic heterocycles. The van der Waals surface area contributed by atoms with E-state index in [1.165, 1.54) is 250 Å². The number of amides is 1. The average Bonchev–Trinajstić information content (AvgIpc) is 3.43. The Hall–Kier alpha value is -1.85. The SMILES string of the molecule is CCCCCCC/C=C\C/C=C\C/C=C\CCCCCCCCCCCCCCCCCCCCC(=O)NC(COC1OC(CO)C(O)C(O)C1O)C(O)/C=C/CCCCCCCCCCCCCCCCCCCCC. The lowest BCUT2D eigenvalue weighted by molar-refractivity contribution is -0.302. The van der Waals surface area contributed by atoms with Crippen LogP contribution in [-0.2, 0) is 14.3 Å². The van der Waals surface area contributed by atoms with Crippen LogP contribution in [0.2, 0.25) is 0 Å². The number of ether oxygens (including phenoxy) is 2. The number of hydrogen-bond donors (Lipinski definition) is 6. The van der Waals surface area contributed by atoms with Crippen molar-refractivity contribution >= 4 is 5.91 Å². The number of allylic oxidation sites excluding steroid dienone is 7. The maximum Gasteiger partial charge on any atom is 0.220 e. The van der Waals surface area contributed by atoms with Crippen LogP contribution in [0.1, 0.15) is 322 Å². The summed E-state index contributed by atoms with van der Waals surface area (Å²) in [6.45, 7) is 3.81. The topological polar surface area (TPSA) is 149 Å². The summed E-state index contributed by atoms with van der Waals surface area (Å²) >= 11 is 0. The van der Waals surface area contributed by atoms with Gasteiger partial charge in [-0.25, -0.2) is 0 Å². The van der Waals surface area contributed by atoms with Gasteiger partial charge in [-0.15, -0.1) is 0 Å². The first-order valence-corrected chi connectivity index (χ1v) is 33.4. The molecule has 0 bridgehead atoms. The molecule has 1 rings (SSSR count). The first-order valence-electron chi connectivity index (χ1n) is 33.4. The molecule has 452 valence electrons. The van der Waals surface area contributed by atoms with Gasteiger partial charge in [0.25, 0.3) is 0 Å². The first kappa shape index (κ1) is 73.2. The van der Waals surface area contributed by atoms with Gasteiger partial charge in [-0.3, -0.25) is 4.79 Å². The number of unbranched alkanes of at least 4 members (excludes halogenated alkanes) is 42. The van der Waals surface area contributed by atoms with Gasteiger partial charge in [-0.05, 0) is 57.8 Å². The summed E-state index contributed by atoms with van der Waals surface area (Å²) in [6.07, 6.45) is 70.6. The lowest BCUT2D eigenvalue weighted by Gasteiger charge is -2.40. The van der Waals surface area contributed by atoms with Gasteiger partial charge in [0.15, 0.2) is 6.29 Å². The van der Waals surface area contributed by atoms with Gasteiger partial charge in [0.1, 0.15) is 24.4 Å². The third-order valence-corrected chi connectivity index (χ3v) is 15.9. The van der Waals surface area contributed by atoms with Crippen molar-refractivity contribution < 1.29 is 39.8 Å². The maximum atomic E-state index is 13.1. The van der Waals surface area contributed by atoms with E-state index in [0.717, 1.165) is 51.4 Å². The second kappa shape index (κ2) is 57.4. The minimum atomic E-state index is -1.57. The van der Waals surface area contributed by atoms with Crippen LogP contribution in [0.25, 0.3) is 0 Å². The number of aliphatic hydroxyl groups is 5. The van der Waals surface area contributed by atoms with E-state index in [4.69, 9.17) is 9.47 Å². The van der Waals surface area contributed by atoms with Crippen LogP contribution in [0, 0.1) is 0 Å². The van der Waals surface area contributed by atoms with Crippen LogP contribution in [-0.4, -0.2) is 87.5 Å². The quantitative estimate of drug-likeness (QED) is 0.0261. The molecule has 7 unspecified atom stereocenters. The molecule has 1 fully saturated rings. The summed E-state index contributed by atoms with van der Waals surface area (Å²) in [5, 5.41) is 54.7. The lowest BCUT2D eigenvalue weighted by atomic mass is 9.99. The number of rotatable bonds is 58. The Morgan fingerprint density at radius 2 is 0.766 bits per heavy atom. The van der Waals surface area contributed by atoms with Crippen LogP contribution in [0.4, 0.5) is 0 Å². The molecule has 0 spiro atoms. The van der Waals surface area contributed by atoms with Crippen LogP contribution in [0.15, 0.2) is 48.6 Å². The van der Waals surface area contributed by atoms with E-state index in [0.29, 0.717) is 6.42 Å². The van der Waals surface area contributed by atoms with Crippen molar-refractivity contribution in [3.63, 3.8) is 0 Å². The zero-order valence-electron chi connectivity index (χ0n) is 50.5. The molecule has 7 atom stereocenters. The average molecular weight is 1090 g/mol.